The molecule has 2 aliphatic heterocycles. The maximum atomic E-state index is 13.3. The number of amides is 1. The van der Waals surface area contributed by atoms with Crippen LogP contribution in [0.25, 0.3) is 16.7 Å². The lowest BCUT2D eigenvalue weighted by Crippen LogP contribution is -2.52. The predicted octanol–water partition coefficient (Wildman–Crippen LogP) is 3.90. The van der Waals surface area contributed by atoms with Gasteiger partial charge < -0.3 is 15.3 Å². The number of halogens is 1. The van der Waals surface area contributed by atoms with Crippen LogP contribution in [0.2, 0.25) is 0 Å². The number of hydrogen-bond acceptors (Lipinski definition) is 4. The third-order valence-corrected chi connectivity index (χ3v) is 6.18. The average molecular weight is 396 g/mol. The molecule has 2 aromatic carbocycles. The number of carbonyl (C=O) groups is 1. The topological polar surface area (TPSA) is 61.8 Å². The molecule has 0 saturated carbocycles. The van der Waals surface area contributed by atoms with Gasteiger partial charge in [-0.3, -0.25) is 4.79 Å². The van der Waals surface area contributed by atoms with Crippen molar-refractivity contribution in [1.82, 2.24) is 10.4 Å². The predicted molar refractivity (Wildman–Crippen MR) is 110 cm³/mol. The quantitative estimate of drug-likeness (QED) is 0.826. The second-order valence-corrected chi connectivity index (χ2v) is 7.81. The number of aliphatic hydroxyl groups is 1. The smallest absolute Gasteiger partial charge is 0.256 e. The van der Waals surface area contributed by atoms with Crippen molar-refractivity contribution in [3.05, 3.63) is 64.7 Å². The van der Waals surface area contributed by atoms with Crippen molar-refractivity contribution in [3.8, 4) is 11.1 Å². The van der Waals surface area contributed by atoms with Crippen LogP contribution in [0.15, 0.2) is 42.2 Å². The van der Waals surface area contributed by atoms with Gasteiger partial charge in [0.15, 0.2) is 0 Å². The average Bonchev–Trinajstić information content (AvgIpc) is 2.94. The number of aryl methyl sites for hydroxylation is 1. The molecule has 1 fully saturated rings. The van der Waals surface area contributed by atoms with E-state index >= 15 is 0 Å². The second-order valence-electron chi connectivity index (χ2n) is 7.81. The van der Waals surface area contributed by atoms with E-state index in [1.54, 1.807) is 19.2 Å². The molecule has 2 aliphatic rings. The number of hydrogen-bond donors (Lipinski definition) is 2. The Hall–Kier alpha value is -2.70. The summed E-state index contributed by atoms with van der Waals surface area (Å²) in [6.45, 7) is 5.12. The molecular formula is C23H25FN2O3. The Morgan fingerprint density at radius 1 is 1.10 bits per heavy atom. The summed E-state index contributed by atoms with van der Waals surface area (Å²) in [4.78, 5) is 18.3. The summed E-state index contributed by atoms with van der Waals surface area (Å²) >= 11 is 0. The molecule has 6 heteroatoms. The monoisotopic (exact) mass is 396 g/mol. The van der Waals surface area contributed by atoms with E-state index in [9.17, 15) is 14.3 Å². The molecule has 0 aromatic heterocycles. The Bertz CT molecular complexity index is 990. The van der Waals surface area contributed by atoms with Gasteiger partial charge in [0, 0.05) is 13.1 Å². The van der Waals surface area contributed by atoms with Gasteiger partial charge in [0.1, 0.15) is 17.1 Å². The normalized spacial score (nSPS) is 19.1. The van der Waals surface area contributed by atoms with Crippen LogP contribution in [0.1, 0.15) is 29.5 Å². The van der Waals surface area contributed by atoms with Gasteiger partial charge in [-0.05, 0) is 66.6 Å². The minimum absolute atomic E-state index is 0.112. The van der Waals surface area contributed by atoms with E-state index in [4.69, 9.17) is 4.84 Å². The maximum Gasteiger partial charge on any atom is 0.256 e. The third kappa shape index (κ3) is 3.22. The molecule has 29 heavy (non-hydrogen) atoms. The van der Waals surface area contributed by atoms with Crippen LogP contribution in [-0.4, -0.2) is 41.8 Å². The van der Waals surface area contributed by atoms with Crippen LogP contribution >= 0.6 is 0 Å². The fraction of sp³-hybridized carbons (Fsp3) is 0.348. The van der Waals surface area contributed by atoms with Crippen molar-refractivity contribution < 1.29 is 19.1 Å². The summed E-state index contributed by atoms with van der Waals surface area (Å²) in [7, 11) is 1.63. The summed E-state index contributed by atoms with van der Waals surface area (Å²) in [6.07, 6.45) is 1.16. The Kier molecular flexibility index (Phi) is 4.92. The van der Waals surface area contributed by atoms with Crippen LogP contribution < -0.4 is 5.32 Å². The number of nitrogens with one attached hydrogen (secondary N) is 1. The maximum absolute atomic E-state index is 13.3. The highest BCUT2D eigenvalue weighted by atomic mass is 19.1. The molecule has 0 unspecified atom stereocenters. The van der Waals surface area contributed by atoms with E-state index in [0.29, 0.717) is 31.5 Å². The lowest BCUT2D eigenvalue weighted by molar-refractivity contribution is -0.152. The fourth-order valence-corrected chi connectivity index (χ4v) is 4.50. The zero-order valence-electron chi connectivity index (χ0n) is 16.9. The summed E-state index contributed by atoms with van der Waals surface area (Å²) < 4.78 is 13.3. The molecule has 1 saturated heterocycles. The van der Waals surface area contributed by atoms with Crippen LogP contribution in [0, 0.1) is 19.7 Å². The Balaban J connectivity index is 1.80. The molecule has 0 bridgehead atoms. The van der Waals surface area contributed by atoms with E-state index < -0.39 is 5.54 Å². The molecule has 0 aliphatic carbocycles. The SMILES string of the molecule is CON1CCC2(CC1)NC(=O)C(c1c(C)ccc(-c3ccc(F)cc3)c1C)=C2O. The Labute approximate surface area is 169 Å². The number of benzene rings is 2. The van der Waals surface area contributed by atoms with Crippen LogP contribution in [0.4, 0.5) is 4.39 Å². The Morgan fingerprint density at radius 3 is 2.38 bits per heavy atom. The lowest BCUT2D eigenvalue weighted by atomic mass is 9.84. The number of aliphatic hydroxyl groups excluding tert-OH is 1. The molecule has 152 valence electrons. The van der Waals surface area contributed by atoms with Gasteiger partial charge in [-0.2, -0.15) is 5.06 Å². The van der Waals surface area contributed by atoms with E-state index in [0.717, 1.165) is 27.8 Å². The molecule has 4 rings (SSSR count). The summed E-state index contributed by atoms with van der Waals surface area (Å²) in [5, 5.41) is 16.0. The van der Waals surface area contributed by atoms with Gasteiger partial charge in [0.25, 0.3) is 5.91 Å². The standard InChI is InChI=1S/C23H25FN2O3/c1-14-4-9-18(16-5-7-17(24)8-6-16)15(2)19(14)20-21(27)23(25-22(20)28)10-12-26(29-3)13-11-23/h4-9,27H,10-13H2,1-3H3,(H,25,28). The number of piperidine rings is 1. The van der Waals surface area contributed by atoms with Gasteiger partial charge in [-0.25, -0.2) is 4.39 Å². The van der Waals surface area contributed by atoms with Crippen molar-refractivity contribution in [3.63, 3.8) is 0 Å². The zero-order chi connectivity index (χ0) is 20.8. The van der Waals surface area contributed by atoms with E-state index in [1.807, 2.05) is 31.0 Å². The van der Waals surface area contributed by atoms with Gasteiger partial charge in [-0.15, -0.1) is 0 Å². The summed E-state index contributed by atoms with van der Waals surface area (Å²) in [5.41, 5.74) is 3.92. The fourth-order valence-electron chi connectivity index (χ4n) is 4.50. The lowest BCUT2D eigenvalue weighted by Gasteiger charge is -2.37. The third-order valence-electron chi connectivity index (χ3n) is 6.18. The first-order chi connectivity index (χ1) is 13.9. The summed E-state index contributed by atoms with van der Waals surface area (Å²) in [5.74, 6) is -0.435. The van der Waals surface area contributed by atoms with Crippen molar-refractivity contribution in [1.29, 1.82) is 0 Å². The molecule has 1 spiro atoms. The molecule has 0 radical (unpaired) electrons. The first-order valence-corrected chi connectivity index (χ1v) is 9.78. The van der Waals surface area contributed by atoms with Crippen LogP contribution in [0.5, 0.6) is 0 Å². The molecule has 2 heterocycles. The van der Waals surface area contributed by atoms with Crippen molar-refractivity contribution in [2.75, 3.05) is 20.2 Å². The van der Waals surface area contributed by atoms with E-state index in [2.05, 4.69) is 5.32 Å². The van der Waals surface area contributed by atoms with Crippen molar-refractivity contribution in [2.24, 2.45) is 0 Å². The van der Waals surface area contributed by atoms with E-state index in [1.165, 1.54) is 12.1 Å². The highest BCUT2D eigenvalue weighted by Crippen LogP contribution is 2.41. The van der Waals surface area contributed by atoms with Gasteiger partial charge in [-0.1, -0.05) is 24.3 Å². The first kappa shape index (κ1) is 19.6. The largest absolute Gasteiger partial charge is 0.509 e. The summed E-state index contributed by atoms with van der Waals surface area (Å²) in [6, 6.07) is 10.2. The highest BCUT2D eigenvalue weighted by Gasteiger charge is 2.48. The minimum Gasteiger partial charge on any atom is -0.509 e. The van der Waals surface area contributed by atoms with Crippen molar-refractivity contribution in [2.45, 2.75) is 32.2 Å². The van der Waals surface area contributed by atoms with Crippen LogP contribution in [0.3, 0.4) is 0 Å². The molecule has 2 N–H and O–H groups in total. The van der Waals surface area contributed by atoms with Gasteiger partial charge in [0.05, 0.1) is 12.7 Å². The van der Waals surface area contributed by atoms with E-state index in [-0.39, 0.29) is 17.5 Å². The Morgan fingerprint density at radius 2 is 1.76 bits per heavy atom. The molecular weight excluding hydrogens is 371 g/mol. The number of carbonyl (C=O) groups excluding carboxylic acids is 1. The van der Waals surface area contributed by atoms with Crippen molar-refractivity contribution >= 4 is 11.5 Å². The molecule has 5 nitrogen and oxygen atoms in total. The molecule has 1 amide bonds. The number of rotatable bonds is 3. The first-order valence-electron chi connectivity index (χ1n) is 9.78. The number of nitrogens with zero attached hydrogens (tertiary/aromatic N) is 1. The molecule has 0 atom stereocenters. The molecule has 2 aromatic rings. The van der Waals surface area contributed by atoms with Crippen LogP contribution in [-0.2, 0) is 9.63 Å². The van der Waals surface area contributed by atoms with Gasteiger partial charge in [0.2, 0.25) is 0 Å². The second kappa shape index (κ2) is 7.28. The van der Waals surface area contributed by atoms with Gasteiger partial charge >= 0.3 is 0 Å². The zero-order valence-corrected chi connectivity index (χ0v) is 16.9. The highest BCUT2D eigenvalue weighted by molar-refractivity contribution is 6.24. The number of hydroxylamine groups is 2. The minimum atomic E-state index is -0.744.